The van der Waals surface area contributed by atoms with E-state index in [1.807, 2.05) is 0 Å². The number of aliphatic hydroxyl groups excluding tert-OH is 1. The van der Waals surface area contributed by atoms with Gasteiger partial charge in [-0.2, -0.15) is 0 Å². The first-order valence-corrected chi connectivity index (χ1v) is 7.11. The smallest absolute Gasteiger partial charge is 0.331 e. The van der Waals surface area contributed by atoms with Crippen molar-refractivity contribution in [2.24, 2.45) is 17.3 Å². The van der Waals surface area contributed by atoms with Gasteiger partial charge in [0.15, 0.2) is 0 Å². The molecule has 4 rings (SSSR count). The summed E-state index contributed by atoms with van der Waals surface area (Å²) in [7, 11) is 0. The van der Waals surface area contributed by atoms with Gasteiger partial charge in [0.05, 0.1) is 18.3 Å². The van der Waals surface area contributed by atoms with Gasteiger partial charge in [-0.1, -0.05) is 0 Å². The van der Waals surface area contributed by atoms with E-state index in [0.29, 0.717) is 18.3 Å². The fraction of sp³-hybridized carbons (Fsp3) is 0.800. The van der Waals surface area contributed by atoms with E-state index in [4.69, 9.17) is 9.84 Å². The molecule has 0 aromatic heterocycles. The molecule has 0 aromatic rings. The molecule has 0 amide bonds. The quantitative estimate of drug-likeness (QED) is 0.763. The predicted octanol–water partition coefficient (Wildman–Crippen LogP) is 1.97. The van der Waals surface area contributed by atoms with E-state index in [9.17, 15) is 9.90 Å². The normalized spacial score (nSPS) is 45.7. The Kier molecular flexibility index (Phi) is 2.81. The number of ether oxygens (including phenoxy) is 1. The van der Waals surface area contributed by atoms with E-state index in [2.05, 4.69) is 6.92 Å². The van der Waals surface area contributed by atoms with Crippen molar-refractivity contribution in [3.63, 3.8) is 0 Å². The number of hydrogen-bond acceptors (Lipinski definition) is 3. The second-order valence-corrected chi connectivity index (χ2v) is 6.78. The lowest BCUT2D eigenvalue weighted by atomic mass is 9.43. The predicted molar refractivity (Wildman–Crippen MR) is 69.6 cm³/mol. The summed E-state index contributed by atoms with van der Waals surface area (Å²) >= 11 is 0. The molecule has 2 N–H and O–H groups in total. The maximum Gasteiger partial charge on any atom is 0.331 e. The number of hydrogen-bond donors (Lipinski definition) is 2. The Bertz CT molecular complexity index is 441. The zero-order chi connectivity index (χ0) is 13.8. The Morgan fingerprint density at radius 3 is 2.95 bits per heavy atom. The summed E-state index contributed by atoms with van der Waals surface area (Å²) in [5, 5.41) is 19.0. The first kappa shape index (κ1) is 13.1. The fourth-order valence-electron chi connectivity index (χ4n) is 4.64. The molecule has 106 valence electrons. The number of aliphatic hydroxyl groups is 1. The van der Waals surface area contributed by atoms with E-state index in [0.717, 1.165) is 13.0 Å². The van der Waals surface area contributed by atoms with E-state index in [1.165, 1.54) is 25.8 Å². The third-order valence-corrected chi connectivity index (χ3v) is 5.79. The number of carbonyl (C=O) groups is 1. The average Bonchev–Trinajstić information content (AvgIpc) is 2.46. The summed E-state index contributed by atoms with van der Waals surface area (Å²) in [5.74, 6) is 0.242. The van der Waals surface area contributed by atoms with E-state index < -0.39 is 12.1 Å². The van der Waals surface area contributed by atoms with Gasteiger partial charge < -0.3 is 14.9 Å². The largest absolute Gasteiger partial charge is 0.478 e. The average molecular weight is 266 g/mol. The monoisotopic (exact) mass is 266 g/mol. The minimum absolute atomic E-state index is 0.0000267. The third kappa shape index (κ3) is 1.77. The van der Waals surface area contributed by atoms with E-state index in [1.54, 1.807) is 0 Å². The van der Waals surface area contributed by atoms with Gasteiger partial charge in [-0.3, -0.25) is 0 Å². The van der Waals surface area contributed by atoms with Crippen molar-refractivity contribution in [1.82, 2.24) is 0 Å². The molecular weight excluding hydrogens is 244 g/mol. The van der Waals surface area contributed by atoms with Gasteiger partial charge in [0.25, 0.3) is 0 Å². The minimum atomic E-state index is -0.960. The van der Waals surface area contributed by atoms with Crippen LogP contribution < -0.4 is 0 Å². The van der Waals surface area contributed by atoms with Gasteiger partial charge in [-0.05, 0) is 57.4 Å². The second kappa shape index (κ2) is 4.06. The molecule has 4 nitrogen and oxygen atoms in total. The summed E-state index contributed by atoms with van der Waals surface area (Å²) < 4.78 is 6.03. The molecule has 4 bridgehead atoms. The van der Waals surface area contributed by atoms with Crippen molar-refractivity contribution >= 4 is 5.97 Å². The fourth-order valence-corrected chi connectivity index (χ4v) is 4.64. The van der Waals surface area contributed by atoms with Crippen LogP contribution in [0.1, 0.15) is 39.5 Å². The summed E-state index contributed by atoms with van der Waals surface area (Å²) in [6, 6.07) is 0. The summed E-state index contributed by atoms with van der Waals surface area (Å²) in [6.07, 6.45) is 4.96. The SMILES string of the molecule is C/C(=C\[C@H](O)C[C@]12CO[C@@]3(C)CC[C@H]1C[C@H]23)C(=O)O. The molecule has 5 atom stereocenters. The summed E-state index contributed by atoms with van der Waals surface area (Å²) in [6.45, 7) is 4.45. The van der Waals surface area contributed by atoms with Crippen LogP contribution in [0.4, 0.5) is 0 Å². The summed E-state index contributed by atoms with van der Waals surface area (Å²) in [5.41, 5.74) is 0.317. The standard InChI is InChI=1S/C15H22O4/c1-9(13(17)18)5-11(16)7-15-8-19-14(2)4-3-10(15)6-12(14)15/h5,10-12,16H,3-4,6-8H2,1-2H3,(H,17,18)/b9-5+/t10-,11-,12-,14-,15-/m0/s1. The zero-order valence-electron chi connectivity index (χ0n) is 11.6. The molecule has 4 heteroatoms. The lowest BCUT2D eigenvalue weighted by molar-refractivity contribution is -0.133. The molecule has 0 spiro atoms. The van der Waals surface area contributed by atoms with Crippen LogP contribution in [-0.4, -0.2) is 34.5 Å². The number of carboxylic acid groups (broad SMARTS) is 1. The lowest BCUT2D eigenvalue weighted by Gasteiger charge is -2.59. The Morgan fingerprint density at radius 1 is 1.58 bits per heavy atom. The molecule has 3 aliphatic carbocycles. The van der Waals surface area contributed by atoms with Gasteiger partial charge in [-0.15, -0.1) is 0 Å². The Labute approximate surface area is 113 Å². The van der Waals surface area contributed by atoms with Crippen molar-refractivity contribution in [3.05, 3.63) is 11.6 Å². The van der Waals surface area contributed by atoms with Gasteiger partial charge in [0.2, 0.25) is 0 Å². The van der Waals surface area contributed by atoms with E-state index >= 15 is 0 Å². The molecular formula is C15H22O4. The number of aliphatic carboxylic acids is 1. The minimum Gasteiger partial charge on any atom is -0.478 e. The molecule has 0 radical (unpaired) electrons. The van der Waals surface area contributed by atoms with Crippen molar-refractivity contribution in [3.8, 4) is 0 Å². The third-order valence-electron chi connectivity index (χ3n) is 5.79. The van der Waals surface area contributed by atoms with Crippen LogP contribution in [0.25, 0.3) is 0 Å². The van der Waals surface area contributed by atoms with Crippen LogP contribution in [0, 0.1) is 17.3 Å². The molecule has 1 aliphatic heterocycles. The Hall–Kier alpha value is -0.870. The molecule has 0 aromatic carbocycles. The molecule has 4 aliphatic rings. The molecule has 4 fully saturated rings. The highest BCUT2D eigenvalue weighted by Gasteiger charge is 2.69. The van der Waals surface area contributed by atoms with Gasteiger partial charge in [-0.25, -0.2) is 4.79 Å². The lowest BCUT2D eigenvalue weighted by Crippen LogP contribution is -2.58. The van der Waals surface area contributed by atoms with Gasteiger partial charge in [0.1, 0.15) is 0 Å². The Morgan fingerprint density at radius 2 is 2.32 bits per heavy atom. The van der Waals surface area contributed by atoms with Crippen LogP contribution in [0.3, 0.4) is 0 Å². The first-order valence-electron chi connectivity index (χ1n) is 7.11. The van der Waals surface area contributed by atoms with Crippen molar-refractivity contribution < 1.29 is 19.7 Å². The van der Waals surface area contributed by atoms with E-state index in [-0.39, 0.29) is 16.6 Å². The maximum absolute atomic E-state index is 10.8. The number of rotatable bonds is 4. The Balaban J connectivity index is 1.74. The second-order valence-electron chi connectivity index (χ2n) is 6.78. The molecule has 3 saturated carbocycles. The highest BCUT2D eigenvalue weighted by Crippen LogP contribution is 2.70. The first-order chi connectivity index (χ1) is 8.87. The molecule has 1 heterocycles. The van der Waals surface area contributed by atoms with Gasteiger partial charge in [0, 0.05) is 11.0 Å². The topological polar surface area (TPSA) is 66.8 Å². The molecule has 19 heavy (non-hydrogen) atoms. The van der Waals surface area contributed by atoms with Crippen molar-refractivity contribution in [2.45, 2.75) is 51.2 Å². The van der Waals surface area contributed by atoms with Crippen LogP contribution in [0.5, 0.6) is 0 Å². The van der Waals surface area contributed by atoms with Gasteiger partial charge >= 0.3 is 5.97 Å². The van der Waals surface area contributed by atoms with Crippen molar-refractivity contribution in [1.29, 1.82) is 0 Å². The van der Waals surface area contributed by atoms with Crippen LogP contribution >= 0.6 is 0 Å². The number of fused-ring (bicyclic) bond motifs is 1. The van der Waals surface area contributed by atoms with Crippen molar-refractivity contribution in [2.75, 3.05) is 6.61 Å². The maximum atomic E-state index is 10.8. The van der Waals surface area contributed by atoms with Crippen LogP contribution in [0.15, 0.2) is 11.6 Å². The summed E-state index contributed by atoms with van der Waals surface area (Å²) in [4.78, 5) is 10.8. The molecule has 0 unspecified atom stereocenters. The number of carboxylic acids is 1. The zero-order valence-corrected chi connectivity index (χ0v) is 11.6. The highest BCUT2D eigenvalue weighted by molar-refractivity contribution is 5.85. The van der Waals surface area contributed by atoms with Crippen LogP contribution in [-0.2, 0) is 9.53 Å². The van der Waals surface area contributed by atoms with Crippen LogP contribution in [0.2, 0.25) is 0 Å². The highest BCUT2D eigenvalue weighted by atomic mass is 16.5. The molecule has 1 saturated heterocycles.